The van der Waals surface area contributed by atoms with Crippen LogP contribution in [0.3, 0.4) is 0 Å². The van der Waals surface area contributed by atoms with Crippen LogP contribution >= 0.6 is 24.0 Å². The molecule has 0 bridgehead atoms. The van der Waals surface area contributed by atoms with Crippen LogP contribution in [0.15, 0.2) is 24.3 Å². The lowest BCUT2D eigenvalue weighted by molar-refractivity contribution is -0.115. The van der Waals surface area contributed by atoms with E-state index in [1.54, 1.807) is 24.3 Å². The van der Waals surface area contributed by atoms with Gasteiger partial charge >= 0.3 is 0 Å². The molecule has 5 nitrogen and oxygen atoms in total. The Morgan fingerprint density at radius 1 is 1.27 bits per heavy atom. The first-order valence-corrected chi connectivity index (χ1v) is 8.42. The van der Waals surface area contributed by atoms with Gasteiger partial charge in [-0.15, -0.1) is 0 Å². The van der Waals surface area contributed by atoms with Crippen molar-refractivity contribution in [2.75, 3.05) is 18.4 Å². The van der Waals surface area contributed by atoms with Crippen LogP contribution in [0.4, 0.5) is 5.69 Å². The molecule has 1 fully saturated rings. The van der Waals surface area contributed by atoms with Gasteiger partial charge < -0.3 is 16.0 Å². The monoisotopic (exact) mass is 337 g/mol. The van der Waals surface area contributed by atoms with Crippen LogP contribution in [-0.4, -0.2) is 39.4 Å². The number of benzene rings is 1. The van der Waals surface area contributed by atoms with E-state index in [2.05, 4.69) is 10.2 Å². The molecule has 1 aliphatic rings. The fourth-order valence-corrected chi connectivity index (χ4v) is 3.56. The standard InChI is InChI=1S/C15H19N3O2S2/c1-10(22-15(21)18-8-2-3-9-18)14(20)17-12-6-4-11(5-7-12)13(16)19/h4-7,10H,2-3,8-9H2,1H3,(H2,16,19)(H,17,20). The number of hydrogen-bond acceptors (Lipinski definition) is 4. The highest BCUT2D eigenvalue weighted by Gasteiger charge is 2.21. The second-order valence-electron chi connectivity index (χ2n) is 5.15. The van der Waals surface area contributed by atoms with Gasteiger partial charge in [-0.1, -0.05) is 24.0 Å². The summed E-state index contributed by atoms with van der Waals surface area (Å²) in [6.45, 7) is 3.80. The molecule has 2 rings (SSSR count). The normalized spacial score (nSPS) is 15.4. The molecule has 1 aromatic rings. The number of rotatable bonds is 4. The minimum Gasteiger partial charge on any atom is -0.366 e. The molecular weight excluding hydrogens is 318 g/mol. The summed E-state index contributed by atoms with van der Waals surface area (Å²) in [5.41, 5.74) is 6.23. The number of anilines is 1. The SMILES string of the molecule is CC(SC(=S)N1CCCC1)C(=O)Nc1ccc(C(N)=O)cc1. The van der Waals surface area contributed by atoms with Crippen LogP contribution in [-0.2, 0) is 4.79 Å². The Kier molecular flexibility index (Phi) is 5.79. The number of nitrogens with two attached hydrogens (primary N) is 1. The molecule has 1 aromatic carbocycles. The Labute approximate surface area is 139 Å². The summed E-state index contributed by atoms with van der Waals surface area (Å²) in [4.78, 5) is 25.3. The van der Waals surface area contributed by atoms with Gasteiger partial charge in [-0.25, -0.2) is 0 Å². The van der Waals surface area contributed by atoms with Crippen LogP contribution in [0.2, 0.25) is 0 Å². The van der Waals surface area contributed by atoms with Crippen molar-refractivity contribution in [1.29, 1.82) is 0 Å². The van der Waals surface area contributed by atoms with Crippen LogP contribution in [0.25, 0.3) is 0 Å². The molecule has 118 valence electrons. The summed E-state index contributed by atoms with van der Waals surface area (Å²) < 4.78 is 0.782. The van der Waals surface area contributed by atoms with E-state index >= 15 is 0 Å². The van der Waals surface area contributed by atoms with E-state index in [9.17, 15) is 9.59 Å². The van der Waals surface area contributed by atoms with Gasteiger partial charge in [0.2, 0.25) is 11.8 Å². The molecule has 22 heavy (non-hydrogen) atoms. The number of thioether (sulfide) groups is 1. The smallest absolute Gasteiger partial charge is 0.248 e. The van der Waals surface area contributed by atoms with Crippen molar-refractivity contribution in [2.45, 2.75) is 25.0 Å². The average molecular weight is 337 g/mol. The molecule has 1 saturated heterocycles. The Morgan fingerprint density at radius 3 is 2.41 bits per heavy atom. The Bertz CT molecular complexity index is 569. The second-order valence-corrected chi connectivity index (χ2v) is 7.13. The summed E-state index contributed by atoms with van der Waals surface area (Å²) >= 11 is 6.78. The predicted molar refractivity (Wildman–Crippen MR) is 94.0 cm³/mol. The minimum absolute atomic E-state index is 0.113. The molecule has 1 aliphatic heterocycles. The number of amides is 2. The largest absolute Gasteiger partial charge is 0.366 e. The van der Waals surface area contributed by atoms with Crippen molar-refractivity contribution in [1.82, 2.24) is 4.90 Å². The van der Waals surface area contributed by atoms with Crippen molar-refractivity contribution in [3.05, 3.63) is 29.8 Å². The number of carbonyl (C=O) groups excluding carboxylic acids is 2. The van der Waals surface area contributed by atoms with Gasteiger partial charge in [0.25, 0.3) is 0 Å². The van der Waals surface area contributed by atoms with E-state index in [0.717, 1.165) is 30.3 Å². The lowest BCUT2D eigenvalue weighted by Crippen LogP contribution is -2.29. The third-order valence-corrected chi connectivity index (χ3v) is 5.02. The number of hydrogen-bond donors (Lipinski definition) is 2. The molecule has 0 saturated carbocycles. The Balaban J connectivity index is 1.87. The molecular formula is C15H19N3O2S2. The van der Waals surface area contributed by atoms with Gasteiger partial charge in [0.1, 0.15) is 4.32 Å². The zero-order chi connectivity index (χ0) is 16.1. The zero-order valence-electron chi connectivity index (χ0n) is 12.4. The Hall–Kier alpha value is -1.60. The topological polar surface area (TPSA) is 75.4 Å². The van der Waals surface area contributed by atoms with Gasteiger partial charge in [-0.2, -0.15) is 0 Å². The Morgan fingerprint density at radius 2 is 1.86 bits per heavy atom. The third kappa shape index (κ3) is 4.45. The fraction of sp³-hybridized carbons (Fsp3) is 0.400. The maximum absolute atomic E-state index is 12.2. The van der Waals surface area contributed by atoms with Crippen LogP contribution < -0.4 is 11.1 Å². The highest BCUT2D eigenvalue weighted by molar-refractivity contribution is 8.23. The summed E-state index contributed by atoms with van der Waals surface area (Å²) in [6, 6.07) is 6.50. The molecule has 3 N–H and O–H groups in total. The number of carbonyl (C=O) groups is 2. The number of nitrogens with one attached hydrogen (secondary N) is 1. The maximum atomic E-state index is 12.2. The highest BCUT2D eigenvalue weighted by atomic mass is 32.2. The minimum atomic E-state index is -0.488. The molecule has 7 heteroatoms. The lowest BCUT2D eigenvalue weighted by atomic mass is 10.2. The molecule has 2 amide bonds. The van der Waals surface area contributed by atoms with Crippen LogP contribution in [0, 0.1) is 0 Å². The van der Waals surface area contributed by atoms with Crippen molar-refractivity contribution >= 4 is 45.8 Å². The number of nitrogens with zero attached hydrogens (tertiary/aromatic N) is 1. The van der Waals surface area contributed by atoms with Crippen molar-refractivity contribution in [2.24, 2.45) is 5.73 Å². The first-order chi connectivity index (χ1) is 10.5. The van der Waals surface area contributed by atoms with E-state index in [-0.39, 0.29) is 11.2 Å². The van der Waals surface area contributed by atoms with Crippen LogP contribution in [0.5, 0.6) is 0 Å². The van der Waals surface area contributed by atoms with Gasteiger partial charge in [0.05, 0.1) is 5.25 Å². The molecule has 0 radical (unpaired) electrons. The number of thiocarbonyl (C=S) groups is 1. The summed E-state index contributed by atoms with van der Waals surface area (Å²) in [5, 5.41) is 2.54. The summed E-state index contributed by atoms with van der Waals surface area (Å²) in [5.74, 6) is -0.601. The molecule has 1 unspecified atom stereocenters. The van der Waals surface area contributed by atoms with Gasteiger partial charge in [-0.3, -0.25) is 9.59 Å². The first kappa shape index (κ1) is 16.8. The first-order valence-electron chi connectivity index (χ1n) is 7.13. The molecule has 0 aliphatic carbocycles. The summed E-state index contributed by atoms with van der Waals surface area (Å²) in [7, 11) is 0. The van der Waals surface area contributed by atoms with Crippen molar-refractivity contribution < 1.29 is 9.59 Å². The zero-order valence-corrected chi connectivity index (χ0v) is 14.0. The average Bonchev–Trinajstić information content (AvgIpc) is 3.02. The lowest BCUT2D eigenvalue weighted by Gasteiger charge is -2.20. The fourth-order valence-electron chi connectivity index (χ4n) is 2.14. The quantitative estimate of drug-likeness (QED) is 0.824. The molecule has 0 spiro atoms. The predicted octanol–water partition coefficient (Wildman–Crippen LogP) is 2.23. The number of likely N-dealkylation sites (tertiary alicyclic amines) is 1. The van der Waals surface area contributed by atoms with E-state index in [1.807, 2.05) is 6.92 Å². The van der Waals surface area contributed by atoms with Gasteiger partial charge in [0.15, 0.2) is 0 Å². The van der Waals surface area contributed by atoms with Crippen molar-refractivity contribution in [3.8, 4) is 0 Å². The number of primary amides is 1. The van der Waals surface area contributed by atoms with E-state index < -0.39 is 5.91 Å². The highest BCUT2D eigenvalue weighted by Crippen LogP contribution is 2.21. The van der Waals surface area contributed by atoms with Crippen LogP contribution in [0.1, 0.15) is 30.1 Å². The second kappa shape index (κ2) is 7.60. The molecule has 1 heterocycles. The van der Waals surface area contributed by atoms with E-state index in [4.69, 9.17) is 18.0 Å². The van der Waals surface area contributed by atoms with Gasteiger partial charge in [-0.05, 0) is 44.0 Å². The maximum Gasteiger partial charge on any atom is 0.248 e. The van der Waals surface area contributed by atoms with Crippen molar-refractivity contribution in [3.63, 3.8) is 0 Å². The molecule has 1 atom stereocenters. The third-order valence-electron chi connectivity index (χ3n) is 3.45. The van der Waals surface area contributed by atoms with E-state index in [1.165, 1.54) is 11.8 Å². The van der Waals surface area contributed by atoms with Gasteiger partial charge in [0, 0.05) is 24.3 Å². The van der Waals surface area contributed by atoms with E-state index in [0.29, 0.717) is 11.3 Å². The summed E-state index contributed by atoms with van der Waals surface area (Å²) in [6.07, 6.45) is 2.32. The molecule has 0 aromatic heterocycles.